The van der Waals surface area contributed by atoms with Crippen LogP contribution in [0.5, 0.6) is 23.0 Å². The van der Waals surface area contributed by atoms with Crippen LogP contribution in [-0.2, 0) is 7.05 Å². The summed E-state index contributed by atoms with van der Waals surface area (Å²) in [5, 5.41) is 3.03. The van der Waals surface area contributed by atoms with E-state index in [1.54, 1.807) is 0 Å². The molecule has 0 spiro atoms. The van der Waals surface area contributed by atoms with E-state index < -0.39 is 0 Å². The number of pyridine rings is 1. The minimum absolute atomic E-state index is 0.185. The molecular weight excluding hydrogens is 346 g/mol. The monoisotopic (exact) mass is 363 g/mol. The molecule has 27 heavy (non-hydrogen) atoms. The number of methoxy groups -OCH3 is 2. The molecular formula is C21H17NO5. The second-order valence-corrected chi connectivity index (χ2v) is 6.53. The van der Waals surface area contributed by atoms with Crippen LogP contribution < -0.4 is 24.4 Å². The largest absolute Gasteiger partial charge is 0.493 e. The van der Waals surface area contributed by atoms with Gasteiger partial charge in [0.15, 0.2) is 17.2 Å². The summed E-state index contributed by atoms with van der Waals surface area (Å²) < 4.78 is 23.7. The molecule has 0 unspecified atom stereocenters. The summed E-state index contributed by atoms with van der Waals surface area (Å²) in [6, 6.07) is 9.88. The SMILES string of the molecule is COc1cc2c3ccc4cc5c(cc4c3n(C)cc-2c(=O)c1OC)OCO5. The van der Waals surface area contributed by atoms with Gasteiger partial charge in [0, 0.05) is 29.6 Å². The van der Waals surface area contributed by atoms with E-state index in [4.69, 9.17) is 18.9 Å². The average molecular weight is 363 g/mol. The summed E-state index contributed by atoms with van der Waals surface area (Å²) in [6.45, 7) is 0.231. The molecule has 0 fully saturated rings. The topological polar surface area (TPSA) is 58.9 Å². The van der Waals surface area contributed by atoms with Gasteiger partial charge in [-0.15, -0.1) is 0 Å². The van der Waals surface area contributed by atoms with Crippen LogP contribution in [0.15, 0.2) is 41.3 Å². The van der Waals surface area contributed by atoms with Crippen LogP contribution >= 0.6 is 0 Å². The standard InChI is InChI=1S/C21H17NO5/c1-22-9-15-14(8-18(24-2)21(25-3)20(15)23)12-5-4-11-6-16-17(27-10-26-16)7-13(11)19(12)22/h4-9H,10H2,1-3H3. The number of rotatable bonds is 2. The molecule has 0 radical (unpaired) electrons. The third-order valence-electron chi connectivity index (χ3n) is 5.11. The van der Waals surface area contributed by atoms with Crippen molar-refractivity contribution in [2.24, 2.45) is 7.05 Å². The highest BCUT2D eigenvalue weighted by atomic mass is 16.7. The Morgan fingerprint density at radius 1 is 0.963 bits per heavy atom. The fourth-order valence-electron chi connectivity index (χ4n) is 3.88. The summed E-state index contributed by atoms with van der Waals surface area (Å²) in [4.78, 5) is 12.9. The summed E-state index contributed by atoms with van der Waals surface area (Å²) in [6.07, 6.45) is 1.84. The van der Waals surface area contributed by atoms with Crippen LogP contribution in [0.4, 0.5) is 0 Å². The highest BCUT2D eigenvalue weighted by Gasteiger charge is 2.22. The first kappa shape index (κ1) is 15.8. The van der Waals surface area contributed by atoms with E-state index in [9.17, 15) is 4.79 Å². The first-order valence-electron chi connectivity index (χ1n) is 8.52. The number of benzene rings is 3. The zero-order chi connectivity index (χ0) is 18.7. The molecule has 6 heteroatoms. The van der Waals surface area contributed by atoms with Gasteiger partial charge in [-0.1, -0.05) is 12.1 Å². The molecule has 0 atom stereocenters. The Hall–Kier alpha value is -3.41. The average Bonchev–Trinajstić information content (AvgIpc) is 3.13. The number of hydrogen-bond donors (Lipinski definition) is 0. The third-order valence-corrected chi connectivity index (χ3v) is 5.11. The molecule has 2 aliphatic heterocycles. The van der Waals surface area contributed by atoms with Crippen molar-refractivity contribution in [1.29, 1.82) is 0 Å². The zero-order valence-corrected chi connectivity index (χ0v) is 15.2. The molecule has 5 rings (SSSR count). The molecule has 2 aromatic carbocycles. The lowest BCUT2D eigenvalue weighted by Crippen LogP contribution is -2.13. The van der Waals surface area contributed by atoms with Gasteiger partial charge >= 0.3 is 0 Å². The summed E-state index contributed by atoms with van der Waals surface area (Å²) >= 11 is 0. The highest BCUT2D eigenvalue weighted by molar-refractivity contribution is 6.11. The number of ether oxygens (including phenoxy) is 4. The van der Waals surface area contributed by atoms with E-state index in [1.807, 2.05) is 48.1 Å². The first-order valence-corrected chi connectivity index (χ1v) is 8.52. The molecule has 136 valence electrons. The maximum atomic E-state index is 12.9. The molecule has 0 saturated heterocycles. The van der Waals surface area contributed by atoms with Crippen LogP contribution in [0.3, 0.4) is 0 Å². The fraction of sp³-hybridized carbons (Fsp3) is 0.190. The van der Waals surface area contributed by atoms with Crippen molar-refractivity contribution in [3.05, 3.63) is 46.8 Å². The molecule has 6 nitrogen and oxygen atoms in total. The molecule has 0 N–H and O–H groups in total. The van der Waals surface area contributed by atoms with Gasteiger partial charge in [-0.2, -0.15) is 0 Å². The van der Waals surface area contributed by atoms with Gasteiger partial charge in [-0.05, 0) is 23.6 Å². The lowest BCUT2D eigenvalue weighted by Gasteiger charge is -2.18. The number of fused-ring (bicyclic) bond motifs is 6. The van der Waals surface area contributed by atoms with Crippen LogP contribution in [0.2, 0.25) is 0 Å². The lowest BCUT2D eigenvalue weighted by molar-refractivity contribution is 0.174. The van der Waals surface area contributed by atoms with E-state index in [1.165, 1.54) is 14.2 Å². The van der Waals surface area contributed by atoms with E-state index >= 15 is 0 Å². The van der Waals surface area contributed by atoms with Gasteiger partial charge in [0.2, 0.25) is 18.0 Å². The van der Waals surface area contributed by atoms with Crippen molar-refractivity contribution < 1.29 is 18.9 Å². The van der Waals surface area contributed by atoms with Crippen molar-refractivity contribution in [1.82, 2.24) is 4.57 Å². The Balaban J connectivity index is 1.96. The molecule has 1 aliphatic carbocycles. The molecule has 2 heterocycles. The van der Waals surface area contributed by atoms with Gasteiger partial charge in [0.1, 0.15) is 0 Å². The summed E-state index contributed by atoms with van der Waals surface area (Å²) in [5.74, 6) is 2.12. The Morgan fingerprint density at radius 3 is 2.48 bits per heavy atom. The molecule has 3 aliphatic rings. The van der Waals surface area contributed by atoms with Gasteiger partial charge in [-0.3, -0.25) is 4.79 Å². The molecule has 0 bridgehead atoms. The predicted octanol–water partition coefficient (Wildman–Crippen LogP) is 3.54. The maximum absolute atomic E-state index is 12.9. The Bertz CT molecular complexity index is 1260. The van der Waals surface area contributed by atoms with Crippen LogP contribution in [-0.4, -0.2) is 25.6 Å². The predicted molar refractivity (Wildman–Crippen MR) is 103 cm³/mol. The molecule has 0 amide bonds. The van der Waals surface area contributed by atoms with Crippen LogP contribution in [0.1, 0.15) is 0 Å². The normalized spacial score (nSPS) is 12.9. The van der Waals surface area contributed by atoms with E-state index in [-0.39, 0.29) is 18.0 Å². The maximum Gasteiger partial charge on any atom is 0.233 e. The first-order chi connectivity index (χ1) is 13.1. The lowest BCUT2D eigenvalue weighted by atomic mass is 9.95. The number of aromatic nitrogens is 1. The minimum atomic E-state index is -0.185. The van der Waals surface area contributed by atoms with Crippen molar-refractivity contribution in [2.75, 3.05) is 21.0 Å². The smallest absolute Gasteiger partial charge is 0.233 e. The van der Waals surface area contributed by atoms with E-state index in [0.29, 0.717) is 11.3 Å². The molecule has 0 aromatic heterocycles. The third kappa shape index (κ3) is 2.10. The van der Waals surface area contributed by atoms with Crippen molar-refractivity contribution in [3.63, 3.8) is 0 Å². The van der Waals surface area contributed by atoms with E-state index in [0.717, 1.165) is 38.7 Å². The van der Waals surface area contributed by atoms with Gasteiger partial charge < -0.3 is 23.5 Å². The summed E-state index contributed by atoms with van der Waals surface area (Å²) in [7, 11) is 4.94. The van der Waals surface area contributed by atoms with Gasteiger partial charge in [-0.25, -0.2) is 0 Å². The Labute approximate surface area is 154 Å². The number of aryl methyl sites for hydroxylation is 1. The second-order valence-electron chi connectivity index (χ2n) is 6.53. The van der Waals surface area contributed by atoms with Crippen LogP contribution in [0, 0.1) is 0 Å². The highest BCUT2D eigenvalue weighted by Crippen LogP contribution is 2.42. The Morgan fingerprint density at radius 2 is 1.74 bits per heavy atom. The number of hydrogen-bond acceptors (Lipinski definition) is 5. The number of nitrogens with zero attached hydrogens (tertiary/aromatic N) is 1. The van der Waals surface area contributed by atoms with Crippen molar-refractivity contribution in [2.45, 2.75) is 0 Å². The fourth-order valence-corrected chi connectivity index (χ4v) is 3.88. The Kier molecular flexibility index (Phi) is 3.25. The van der Waals surface area contributed by atoms with E-state index in [2.05, 4.69) is 0 Å². The van der Waals surface area contributed by atoms with Crippen molar-refractivity contribution in [3.8, 4) is 34.1 Å². The summed E-state index contributed by atoms with van der Waals surface area (Å²) in [5.41, 5.74) is 2.23. The minimum Gasteiger partial charge on any atom is -0.493 e. The van der Waals surface area contributed by atoms with Crippen LogP contribution in [0.25, 0.3) is 32.8 Å². The van der Waals surface area contributed by atoms with Gasteiger partial charge in [0.05, 0.1) is 25.3 Å². The molecule has 2 aromatic rings. The quantitative estimate of drug-likeness (QED) is 0.510. The zero-order valence-electron chi connectivity index (χ0n) is 15.2. The molecule has 0 saturated carbocycles. The second kappa shape index (κ2) is 5.54. The van der Waals surface area contributed by atoms with Crippen molar-refractivity contribution >= 4 is 21.7 Å². The van der Waals surface area contributed by atoms with Gasteiger partial charge in [0.25, 0.3) is 0 Å².